The molecule has 0 amide bonds. The molecule has 1 aliphatic rings. The largest absolute Gasteiger partial charge is 0.480 e. The zero-order valence-electron chi connectivity index (χ0n) is 20.1. The first-order valence-electron chi connectivity index (χ1n) is 11.1. The molecule has 18 heteroatoms. The van der Waals surface area contributed by atoms with Gasteiger partial charge in [-0.2, -0.15) is 15.4 Å². The molecule has 0 bridgehead atoms. The van der Waals surface area contributed by atoms with Crippen LogP contribution in [0, 0.1) is 11.3 Å². The third-order valence-electron chi connectivity index (χ3n) is 5.89. The number of para-hydroxylation sites is 1. The van der Waals surface area contributed by atoms with Gasteiger partial charge in [0.25, 0.3) is 0 Å². The molecule has 0 spiro atoms. The van der Waals surface area contributed by atoms with Crippen LogP contribution in [0.15, 0.2) is 53.9 Å². The number of ether oxygens (including phenoxy) is 1. The molecule has 39 heavy (non-hydrogen) atoms. The second kappa shape index (κ2) is 10.5. The number of nitrogens with two attached hydrogens (primary N) is 1. The maximum absolute atomic E-state index is 13.6. The van der Waals surface area contributed by atoms with E-state index in [1.165, 1.54) is 31.2 Å². The molecule has 1 saturated heterocycles. The number of carboxylic acids is 1. The molecule has 204 valence electrons. The highest BCUT2D eigenvalue weighted by Crippen LogP contribution is 2.50. The lowest BCUT2D eigenvalue weighted by Crippen LogP contribution is -2.46. The zero-order valence-corrected chi connectivity index (χ0v) is 21.0. The normalized spacial score (nSPS) is 26.7. The molecule has 4 rings (SSSR count). The van der Waals surface area contributed by atoms with Gasteiger partial charge >= 0.3 is 13.7 Å². The van der Waals surface area contributed by atoms with Crippen LogP contribution in [0.1, 0.15) is 12.6 Å². The molecule has 17 nitrogen and oxygen atoms in total. The van der Waals surface area contributed by atoms with Crippen molar-refractivity contribution in [3.8, 4) is 11.8 Å². The molecule has 1 aliphatic heterocycles. The first-order valence-corrected chi connectivity index (χ1v) is 12.7. The van der Waals surface area contributed by atoms with Crippen LogP contribution >= 0.6 is 7.75 Å². The summed E-state index contributed by atoms with van der Waals surface area (Å²) in [5.74, 6) is -1.32. The quantitative estimate of drug-likeness (QED) is 0.101. The number of anilines is 1. The van der Waals surface area contributed by atoms with Crippen LogP contribution < -0.4 is 15.3 Å². The molecular formula is C21H22N9O8P. The molecule has 0 saturated carbocycles. The molecule has 3 aromatic rings. The molecule has 2 aromatic heterocycles. The second-order valence-electron chi connectivity index (χ2n) is 8.40. The minimum absolute atomic E-state index is 0.0278. The van der Waals surface area contributed by atoms with Gasteiger partial charge < -0.3 is 30.3 Å². The third kappa shape index (κ3) is 4.97. The summed E-state index contributed by atoms with van der Waals surface area (Å²) in [6.07, 6.45) is -3.07. The van der Waals surface area contributed by atoms with Crippen molar-refractivity contribution in [1.29, 1.82) is 5.26 Å². The van der Waals surface area contributed by atoms with E-state index in [0.717, 1.165) is 10.8 Å². The summed E-state index contributed by atoms with van der Waals surface area (Å²) in [4.78, 5) is 17.9. The highest BCUT2D eigenvalue weighted by atomic mass is 31.2. The van der Waals surface area contributed by atoms with Gasteiger partial charge in [-0.15, -0.1) is 0 Å². The van der Waals surface area contributed by atoms with E-state index in [4.69, 9.17) is 19.5 Å². The van der Waals surface area contributed by atoms with Gasteiger partial charge in [0.15, 0.2) is 5.82 Å². The van der Waals surface area contributed by atoms with Crippen molar-refractivity contribution in [2.45, 2.75) is 36.5 Å². The topological polar surface area (TPSA) is 263 Å². The number of aliphatic hydroxyl groups is 2. The van der Waals surface area contributed by atoms with Crippen LogP contribution in [0.3, 0.4) is 0 Å². The third-order valence-corrected chi connectivity index (χ3v) is 7.51. The average Bonchev–Trinajstić information content (AvgIpc) is 3.44. The van der Waals surface area contributed by atoms with Crippen LogP contribution in [0.5, 0.6) is 5.75 Å². The Kier molecular flexibility index (Phi) is 7.46. The number of fused-ring (bicyclic) bond motifs is 1. The predicted octanol–water partition coefficient (Wildman–Crippen LogP) is 1.06. The van der Waals surface area contributed by atoms with E-state index in [2.05, 4.69) is 25.2 Å². The average molecular weight is 559 g/mol. The van der Waals surface area contributed by atoms with Crippen molar-refractivity contribution in [2.24, 2.45) is 5.11 Å². The Morgan fingerprint density at radius 2 is 2.10 bits per heavy atom. The smallest absolute Gasteiger partial charge is 0.459 e. The fourth-order valence-corrected chi connectivity index (χ4v) is 5.45. The summed E-state index contributed by atoms with van der Waals surface area (Å²) in [6, 6.07) is 10.7. The van der Waals surface area contributed by atoms with Crippen molar-refractivity contribution < 1.29 is 38.5 Å². The Balaban J connectivity index is 1.73. The minimum atomic E-state index is -4.58. The van der Waals surface area contributed by atoms with Gasteiger partial charge in [-0.25, -0.2) is 14.1 Å². The monoisotopic (exact) mass is 559 g/mol. The van der Waals surface area contributed by atoms with Gasteiger partial charge in [-0.1, -0.05) is 23.3 Å². The van der Waals surface area contributed by atoms with Crippen LogP contribution in [0.4, 0.5) is 5.82 Å². The number of aliphatic carboxylic acids is 1. The number of aliphatic hydroxyl groups excluding tert-OH is 2. The van der Waals surface area contributed by atoms with Crippen LogP contribution in [-0.4, -0.2) is 66.5 Å². The van der Waals surface area contributed by atoms with E-state index in [9.17, 15) is 35.5 Å². The van der Waals surface area contributed by atoms with E-state index in [-0.39, 0.29) is 22.8 Å². The molecule has 0 aliphatic carbocycles. The van der Waals surface area contributed by atoms with Gasteiger partial charge in [0, 0.05) is 4.91 Å². The Bertz CT molecular complexity index is 1520. The Morgan fingerprint density at radius 3 is 2.74 bits per heavy atom. The lowest BCUT2D eigenvalue weighted by Gasteiger charge is -2.30. The van der Waals surface area contributed by atoms with E-state index in [1.807, 2.05) is 0 Å². The molecule has 2 unspecified atom stereocenters. The van der Waals surface area contributed by atoms with Crippen molar-refractivity contribution >= 4 is 25.1 Å². The summed E-state index contributed by atoms with van der Waals surface area (Å²) in [6.45, 7) is 0.120. The van der Waals surface area contributed by atoms with E-state index in [1.54, 1.807) is 24.3 Å². The Hall–Kier alpha value is -4.26. The molecule has 0 radical (unpaired) electrons. The van der Waals surface area contributed by atoms with Gasteiger partial charge in [0.2, 0.25) is 11.3 Å². The number of nitrogens with one attached hydrogen (secondary N) is 1. The zero-order chi connectivity index (χ0) is 28.4. The molecular weight excluding hydrogens is 537 g/mol. The van der Waals surface area contributed by atoms with Gasteiger partial charge in [-0.3, -0.25) is 9.32 Å². The van der Waals surface area contributed by atoms with Gasteiger partial charge in [0.05, 0.1) is 12.3 Å². The fourth-order valence-electron chi connectivity index (χ4n) is 3.93. The van der Waals surface area contributed by atoms with Crippen molar-refractivity contribution in [3.05, 3.63) is 64.9 Å². The van der Waals surface area contributed by atoms with Gasteiger partial charge in [0.1, 0.15) is 41.9 Å². The van der Waals surface area contributed by atoms with Crippen molar-refractivity contribution in [3.63, 3.8) is 0 Å². The molecule has 6 N–H and O–H groups in total. The number of azide groups is 1. The first kappa shape index (κ1) is 27.8. The number of hydrogen-bond acceptors (Lipinski definition) is 12. The fraction of sp³-hybridized carbons (Fsp3) is 0.333. The van der Waals surface area contributed by atoms with Crippen LogP contribution in [0.25, 0.3) is 16.0 Å². The van der Waals surface area contributed by atoms with E-state index in [0.29, 0.717) is 0 Å². The number of carbonyl (C=O) groups is 1. The van der Waals surface area contributed by atoms with Gasteiger partial charge in [-0.05, 0) is 36.7 Å². The number of carboxylic acid groups (broad SMARTS) is 1. The summed E-state index contributed by atoms with van der Waals surface area (Å²) < 4.78 is 31.4. The Morgan fingerprint density at radius 1 is 1.38 bits per heavy atom. The number of benzene rings is 1. The molecule has 1 fully saturated rings. The lowest BCUT2D eigenvalue weighted by molar-refractivity contribution is -0.138. The van der Waals surface area contributed by atoms with Crippen LogP contribution in [-0.2, 0) is 24.2 Å². The number of nitrogen functional groups attached to an aromatic ring is 1. The first-order chi connectivity index (χ1) is 18.5. The maximum atomic E-state index is 13.6. The summed E-state index contributed by atoms with van der Waals surface area (Å²) in [7, 11) is -4.58. The summed E-state index contributed by atoms with van der Waals surface area (Å²) in [5.41, 5.74) is 10.3. The predicted molar refractivity (Wildman–Crippen MR) is 131 cm³/mol. The number of hydrogen-bond donors (Lipinski definition) is 5. The molecule has 3 heterocycles. The number of rotatable bonds is 10. The highest BCUT2D eigenvalue weighted by molar-refractivity contribution is 7.52. The molecule has 6 atom stereocenters. The second-order valence-corrected chi connectivity index (χ2v) is 10.1. The number of nitriles is 1. The van der Waals surface area contributed by atoms with Crippen molar-refractivity contribution in [2.75, 3.05) is 12.3 Å². The number of nitrogens with zero attached hydrogens (tertiary/aromatic N) is 7. The highest BCUT2D eigenvalue weighted by Gasteiger charge is 2.65. The standard InChI is InChI=1S/C21H22N9O8P/c1-12(19(33)34)27-39(35,37-13-5-3-2-4-6-13)36-10-21(28-29-24)17(32)16(31)20(9-22,38-21)15-8-7-14-18(23)25-11-26-30(14)15/h2-8,11-12,16-17,31-32H,10H2,1H3,(H,27,35)(H,33,34)(H2,23,25,26)/t12?,16-,17+,20+,21-,39?/m1/s1. The maximum Gasteiger partial charge on any atom is 0.459 e. The van der Waals surface area contributed by atoms with Crippen LogP contribution in [0.2, 0.25) is 0 Å². The summed E-state index contributed by atoms with van der Waals surface area (Å²) in [5, 5.41) is 51.2. The summed E-state index contributed by atoms with van der Waals surface area (Å²) >= 11 is 0. The van der Waals surface area contributed by atoms with Crippen molar-refractivity contribution in [1.82, 2.24) is 19.7 Å². The lowest BCUT2D eigenvalue weighted by atomic mass is 9.91. The molecule has 1 aromatic carbocycles. The van der Waals surface area contributed by atoms with E-state index >= 15 is 0 Å². The number of aromatic nitrogens is 3. The Labute approximate surface area is 219 Å². The van der Waals surface area contributed by atoms with E-state index < -0.39 is 49.9 Å². The SMILES string of the molecule is CC(NP(=O)(OC[C@@]1(N=[N+]=[N-])O[C@@](C#N)(c2ccc3c(N)ncnn23)[C@H](O)[C@@H]1O)Oc1ccccc1)C(=O)O. The minimum Gasteiger partial charge on any atom is -0.480 e.